The molecule has 4 rings (SSSR count). The predicted molar refractivity (Wildman–Crippen MR) is 181 cm³/mol. The summed E-state index contributed by atoms with van der Waals surface area (Å²) < 4.78 is 8.25. The van der Waals surface area contributed by atoms with Crippen molar-refractivity contribution >= 4 is 24.8 Å². The van der Waals surface area contributed by atoms with E-state index in [-0.39, 0.29) is 30.2 Å². The number of hydrogen-bond donors (Lipinski definition) is 0. The maximum atomic E-state index is 13.1. The van der Waals surface area contributed by atoms with E-state index in [1.165, 1.54) is 56.1 Å². The summed E-state index contributed by atoms with van der Waals surface area (Å²) in [5.41, 5.74) is 3.69. The van der Waals surface area contributed by atoms with Gasteiger partial charge in [-0.15, -0.1) is 24.8 Å². The lowest BCUT2D eigenvalue weighted by atomic mass is 10.1. The van der Waals surface area contributed by atoms with E-state index in [9.17, 15) is 4.79 Å². The molecule has 232 valence electrons. The second-order valence-electron chi connectivity index (χ2n) is 11.3. The van der Waals surface area contributed by atoms with Gasteiger partial charge in [-0.1, -0.05) is 113 Å². The van der Waals surface area contributed by atoms with Gasteiger partial charge in [0.15, 0.2) is 5.75 Å². The Morgan fingerprint density at radius 2 is 1.26 bits per heavy atom. The highest BCUT2D eigenvalue weighted by molar-refractivity contribution is 5.85. The van der Waals surface area contributed by atoms with E-state index < -0.39 is 0 Å². The normalized spacial score (nSPS) is 13.7. The highest BCUT2D eigenvalue weighted by Crippen LogP contribution is 2.16. The van der Waals surface area contributed by atoms with Gasteiger partial charge in [-0.05, 0) is 24.0 Å². The number of aromatic nitrogens is 1. The quantitative estimate of drug-likeness (QED) is 0.146. The standard InChI is InChI=1S/C35H49N3O2.2ClH/c1-2-3-4-5-6-7-8-15-26-40-35-30-38(28-32-18-13-10-14-19-32)33(27-34(35)39)29-37-24-22-36(23-25-37)21-20-31-16-11-9-12-17-31;;/h9-14,16-19,27,30H,2-8,15,20-26,28-29H2,1H3;2*1H. The van der Waals surface area contributed by atoms with Crippen molar-refractivity contribution in [1.29, 1.82) is 0 Å². The van der Waals surface area contributed by atoms with Crippen LogP contribution in [0.1, 0.15) is 75.1 Å². The second-order valence-corrected chi connectivity index (χ2v) is 11.3. The molecule has 1 fully saturated rings. The number of hydrogen-bond acceptors (Lipinski definition) is 4. The highest BCUT2D eigenvalue weighted by Gasteiger charge is 2.19. The molecule has 5 nitrogen and oxygen atoms in total. The van der Waals surface area contributed by atoms with E-state index in [4.69, 9.17) is 4.74 Å². The first-order chi connectivity index (χ1) is 19.7. The van der Waals surface area contributed by atoms with E-state index in [1.54, 1.807) is 0 Å². The summed E-state index contributed by atoms with van der Waals surface area (Å²) in [7, 11) is 0. The lowest BCUT2D eigenvalue weighted by Crippen LogP contribution is -2.46. The minimum absolute atomic E-state index is 0. The minimum atomic E-state index is 0. The fourth-order valence-corrected chi connectivity index (χ4v) is 5.52. The molecule has 0 unspecified atom stereocenters. The lowest BCUT2D eigenvalue weighted by Gasteiger charge is -2.35. The Bertz CT molecular complexity index is 1170. The van der Waals surface area contributed by atoms with Gasteiger partial charge >= 0.3 is 0 Å². The first kappa shape index (κ1) is 35.9. The van der Waals surface area contributed by atoms with Gasteiger partial charge < -0.3 is 14.2 Å². The van der Waals surface area contributed by atoms with E-state index in [0.29, 0.717) is 12.4 Å². The van der Waals surface area contributed by atoms with Crippen LogP contribution in [-0.4, -0.2) is 53.7 Å². The molecule has 1 saturated heterocycles. The van der Waals surface area contributed by atoms with Crippen LogP contribution in [0.3, 0.4) is 0 Å². The van der Waals surface area contributed by atoms with Gasteiger partial charge in [0, 0.05) is 57.6 Å². The van der Waals surface area contributed by atoms with Crippen LogP contribution in [0.4, 0.5) is 0 Å². The molecule has 2 aromatic carbocycles. The summed E-state index contributed by atoms with van der Waals surface area (Å²) in [6.07, 6.45) is 13.1. The summed E-state index contributed by atoms with van der Waals surface area (Å²) >= 11 is 0. The number of piperazine rings is 1. The third-order valence-corrected chi connectivity index (χ3v) is 8.04. The Labute approximate surface area is 266 Å². The average molecular weight is 617 g/mol. The molecule has 0 spiro atoms. The molecular weight excluding hydrogens is 565 g/mol. The van der Waals surface area contributed by atoms with Crippen LogP contribution >= 0.6 is 24.8 Å². The molecule has 1 aliphatic heterocycles. The fourth-order valence-electron chi connectivity index (χ4n) is 5.52. The van der Waals surface area contributed by atoms with Crippen molar-refractivity contribution in [2.45, 2.75) is 77.8 Å². The maximum absolute atomic E-state index is 13.1. The molecule has 0 amide bonds. The lowest BCUT2D eigenvalue weighted by molar-refractivity contribution is 0.126. The Morgan fingerprint density at radius 1 is 0.690 bits per heavy atom. The number of halogens is 2. The van der Waals surface area contributed by atoms with Gasteiger partial charge in [0.25, 0.3) is 0 Å². The summed E-state index contributed by atoms with van der Waals surface area (Å²) in [6, 6.07) is 23.1. The number of benzene rings is 2. The van der Waals surface area contributed by atoms with Gasteiger partial charge in [-0.3, -0.25) is 9.69 Å². The van der Waals surface area contributed by atoms with E-state index in [1.807, 2.05) is 18.3 Å². The van der Waals surface area contributed by atoms with Crippen molar-refractivity contribution < 1.29 is 4.74 Å². The van der Waals surface area contributed by atoms with Gasteiger partial charge in [0.1, 0.15) is 0 Å². The summed E-state index contributed by atoms with van der Waals surface area (Å²) in [4.78, 5) is 18.1. The van der Waals surface area contributed by atoms with E-state index in [0.717, 1.165) is 64.3 Å². The molecule has 0 aliphatic carbocycles. The molecule has 3 aromatic rings. The number of ether oxygens (including phenoxy) is 1. The van der Waals surface area contributed by atoms with Crippen molar-refractivity contribution in [3.05, 3.63) is 100.0 Å². The van der Waals surface area contributed by atoms with Crippen LogP contribution in [0.15, 0.2) is 77.7 Å². The third kappa shape index (κ3) is 12.5. The van der Waals surface area contributed by atoms with Gasteiger partial charge in [-0.2, -0.15) is 0 Å². The number of pyridine rings is 1. The Hall–Kier alpha value is -2.31. The third-order valence-electron chi connectivity index (χ3n) is 8.04. The summed E-state index contributed by atoms with van der Waals surface area (Å²) in [5, 5.41) is 0. The first-order valence-corrected chi connectivity index (χ1v) is 15.6. The van der Waals surface area contributed by atoms with Crippen LogP contribution in [0.5, 0.6) is 5.75 Å². The van der Waals surface area contributed by atoms with Crippen LogP contribution in [-0.2, 0) is 19.5 Å². The topological polar surface area (TPSA) is 37.7 Å². The SMILES string of the molecule is CCCCCCCCCCOc1cn(Cc2ccccc2)c(CN2CCN(CCc3ccccc3)CC2)cc1=O.Cl.Cl. The van der Waals surface area contributed by atoms with Crippen LogP contribution in [0.25, 0.3) is 0 Å². The highest BCUT2D eigenvalue weighted by atomic mass is 35.5. The van der Waals surface area contributed by atoms with Crippen molar-refractivity contribution in [3.63, 3.8) is 0 Å². The summed E-state index contributed by atoms with van der Waals surface area (Å²) in [6.45, 7) is 9.66. The van der Waals surface area contributed by atoms with Crippen molar-refractivity contribution in [1.82, 2.24) is 14.4 Å². The zero-order valence-corrected chi connectivity index (χ0v) is 27.1. The molecule has 2 heterocycles. The number of unbranched alkanes of at least 4 members (excludes halogenated alkanes) is 7. The van der Waals surface area contributed by atoms with Gasteiger partial charge in [0.2, 0.25) is 5.43 Å². The van der Waals surface area contributed by atoms with Crippen LogP contribution in [0, 0.1) is 0 Å². The Morgan fingerprint density at radius 3 is 1.90 bits per heavy atom. The van der Waals surface area contributed by atoms with Crippen LogP contribution in [0.2, 0.25) is 0 Å². The molecule has 0 atom stereocenters. The monoisotopic (exact) mass is 615 g/mol. The molecule has 0 N–H and O–H groups in total. The molecule has 7 heteroatoms. The Kier molecular flexibility index (Phi) is 17.6. The predicted octanol–water partition coefficient (Wildman–Crippen LogP) is 7.62. The molecule has 0 saturated carbocycles. The molecule has 1 aromatic heterocycles. The second kappa shape index (κ2) is 20.6. The number of nitrogens with zero attached hydrogens (tertiary/aromatic N) is 3. The zero-order chi connectivity index (χ0) is 27.8. The maximum Gasteiger partial charge on any atom is 0.223 e. The molecule has 1 aliphatic rings. The molecular formula is C35H51Cl2N3O2. The minimum Gasteiger partial charge on any atom is -0.488 e. The fraction of sp³-hybridized carbons (Fsp3) is 0.514. The van der Waals surface area contributed by atoms with E-state index in [2.05, 4.69) is 75.9 Å². The van der Waals surface area contributed by atoms with Crippen LogP contribution < -0.4 is 10.2 Å². The van der Waals surface area contributed by atoms with E-state index >= 15 is 0 Å². The first-order valence-electron chi connectivity index (χ1n) is 15.6. The van der Waals surface area contributed by atoms with Crippen molar-refractivity contribution in [2.24, 2.45) is 0 Å². The summed E-state index contributed by atoms with van der Waals surface area (Å²) in [5.74, 6) is 0.480. The zero-order valence-electron chi connectivity index (χ0n) is 25.4. The smallest absolute Gasteiger partial charge is 0.223 e. The van der Waals surface area contributed by atoms with Gasteiger partial charge in [-0.25, -0.2) is 0 Å². The van der Waals surface area contributed by atoms with Crippen molar-refractivity contribution in [2.75, 3.05) is 39.3 Å². The average Bonchev–Trinajstić information content (AvgIpc) is 2.99. The number of rotatable bonds is 17. The van der Waals surface area contributed by atoms with Gasteiger partial charge in [0.05, 0.1) is 12.8 Å². The Balaban J connectivity index is 0.00000308. The molecule has 42 heavy (non-hydrogen) atoms. The molecule has 0 radical (unpaired) electrons. The van der Waals surface area contributed by atoms with Crippen molar-refractivity contribution in [3.8, 4) is 5.75 Å². The largest absolute Gasteiger partial charge is 0.488 e. The molecule has 0 bridgehead atoms.